The van der Waals surface area contributed by atoms with Gasteiger partial charge in [-0.2, -0.15) is 0 Å². The molecule has 11 heteroatoms. The van der Waals surface area contributed by atoms with Crippen molar-refractivity contribution in [2.45, 2.75) is 18.9 Å². The predicted molar refractivity (Wildman–Crippen MR) is 134 cm³/mol. The number of anilines is 2. The molecule has 1 atom stereocenters. The molecule has 0 radical (unpaired) electrons. The second-order valence-corrected chi connectivity index (χ2v) is 8.90. The summed E-state index contributed by atoms with van der Waals surface area (Å²) in [6.45, 7) is 6.68. The largest absolute Gasteiger partial charge is 0.383 e. The molecule has 0 aliphatic carbocycles. The van der Waals surface area contributed by atoms with E-state index in [1.165, 1.54) is 12.4 Å². The molecule has 0 saturated carbocycles. The van der Waals surface area contributed by atoms with Crippen LogP contribution in [0.4, 0.5) is 11.6 Å². The molecule has 2 aliphatic heterocycles. The summed E-state index contributed by atoms with van der Waals surface area (Å²) >= 11 is 6.34. The van der Waals surface area contributed by atoms with Gasteiger partial charge in [0.25, 0.3) is 5.91 Å². The number of amides is 2. The van der Waals surface area contributed by atoms with Gasteiger partial charge in [0, 0.05) is 48.4 Å². The Balaban J connectivity index is 1.60. The molecule has 10 nitrogen and oxygen atoms in total. The number of carbonyl (C=O) groups is 2. The maximum atomic E-state index is 13.0. The number of benzene rings is 1. The molecule has 2 saturated heterocycles. The molecule has 0 bridgehead atoms. The number of piperidine rings is 1. The van der Waals surface area contributed by atoms with Crippen molar-refractivity contribution >= 4 is 40.8 Å². The fourth-order valence-corrected chi connectivity index (χ4v) is 4.56. The lowest BCUT2D eigenvalue weighted by atomic mass is 9.99. The van der Waals surface area contributed by atoms with Gasteiger partial charge in [0.2, 0.25) is 5.91 Å². The SMILES string of the molecule is C=CC(=O)N1CCCC(Nc2ncnc(N)c2C(=N)c2cc(Cl)cc(C(=O)N3CCOCC3)c2)C1. The van der Waals surface area contributed by atoms with Crippen LogP contribution in [0.25, 0.3) is 0 Å². The number of aromatic nitrogens is 2. The molecule has 0 spiro atoms. The Labute approximate surface area is 208 Å². The van der Waals surface area contributed by atoms with Gasteiger partial charge in [0.15, 0.2) is 0 Å². The number of carbonyl (C=O) groups excluding carboxylic acids is 2. The highest BCUT2D eigenvalue weighted by molar-refractivity contribution is 6.32. The minimum atomic E-state index is -0.172. The zero-order chi connectivity index (χ0) is 24.9. The van der Waals surface area contributed by atoms with Crippen molar-refractivity contribution in [3.05, 3.63) is 58.9 Å². The van der Waals surface area contributed by atoms with Gasteiger partial charge in [-0.15, -0.1) is 0 Å². The number of ether oxygens (including phenoxy) is 1. The number of nitrogens with zero attached hydrogens (tertiary/aromatic N) is 4. The summed E-state index contributed by atoms with van der Waals surface area (Å²) in [6.07, 6.45) is 4.29. The lowest BCUT2D eigenvalue weighted by Crippen LogP contribution is -2.44. The second-order valence-electron chi connectivity index (χ2n) is 8.46. The van der Waals surface area contributed by atoms with E-state index in [0.717, 1.165) is 12.8 Å². The van der Waals surface area contributed by atoms with E-state index >= 15 is 0 Å². The summed E-state index contributed by atoms with van der Waals surface area (Å²) < 4.78 is 5.33. The molecule has 3 heterocycles. The highest BCUT2D eigenvalue weighted by atomic mass is 35.5. The van der Waals surface area contributed by atoms with Crippen LogP contribution in [0.1, 0.15) is 34.3 Å². The molecular weight excluding hydrogens is 470 g/mol. The third-order valence-corrected chi connectivity index (χ3v) is 6.33. The van der Waals surface area contributed by atoms with Gasteiger partial charge in [0.1, 0.15) is 18.0 Å². The molecule has 184 valence electrons. The summed E-state index contributed by atoms with van der Waals surface area (Å²) in [4.78, 5) is 36.9. The van der Waals surface area contributed by atoms with Gasteiger partial charge in [-0.25, -0.2) is 9.97 Å². The molecule has 2 aliphatic rings. The molecule has 1 aromatic carbocycles. The molecule has 2 aromatic rings. The van der Waals surface area contributed by atoms with Gasteiger partial charge in [-0.1, -0.05) is 18.2 Å². The van der Waals surface area contributed by atoms with E-state index in [2.05, 4.69) is 21.9 Å². The van der Waals surface area contributed by atoms with Gasteiger partial charge < -0.3 is 25.6 Å². The van der Waals surface area contributed by atoms with E-state index in [9.17, 15) is 9.59 Å². The van der Waals surface area contributed by atoms with Crippen molar-refractivity contribution < 1.29 is 14.3 Å². The first-order valence-corrected chi connectivity index (χ1v) is 11.8. The van der Waals surface area contributed by atoms with Gasteiger partial charge in [-0.05, 0) is 37.1 Å². The van der Waals surface area contributed by atoms with Crippen molar-refractivity contribution in [2.24, 2.45) is 0 Å². The zero-order valence-corrected chi connectivity index (χ0v) is 20.1. The zero-order valence-electron chi connectivity index (χ0n) is 19.3. The first kappa shape index (κ1) is 24.6. The Hall–Kier alpha value is -3.50. The number of rotatable bonds is 6. The van der Waals surface area contributed by atoms with Gasteiger partial charge in [-0.3, -0.25) is 15.0 Å². The van der Waals surface area contributed by atoms with Crippen LogP contribution in [0.15, 0.2) is 37.2 Å². The van der Waals surface area contributed by atoms with Crippen LogP contribution in [-0.4, -0.2) is 82.7 Å². The number of halogens is 1. The maximum absolute atomic E-state index is 13.0. The number of hydrogen-bond acceptors (Lipinski definition) is 8. The molecule has 1 unspecified atom stereocenters. The summed E-state index contributed by atoms with van der Waals surface area (Å²) in [5.74, 6) is 0.225. The standard InChI is InChI=1S/C24H28ClN7O3/c1-2-19(33)32-5-3-4-18(13-32)30-23-20(22(27)28-14-29-23)21(26)15-10-16(12-17(25)11-15)24(34)31-6-8-35-9-7-31/h2,10-12,14,18,26H,1,3-9,13H2,(H3,27,28,29,30). The highest BCUT2D eigenvalue weighted by Gasteiger charge is 2.26. The molecule has 4 N–H and O–H groups in total. The minimum absolute atomic E-state index is 0.0407. The van der Waals surface area contributed by atoms with E-state index in [0.29, 0.717) is 66.9 Å². The number of nitrogens with two attached hydrogens (primary N) is 1. The lowest BCUT2D eigenvalue weighted by Gasteiger charge is -2.33. The van der Waals surface area contributed by atoms with E-state index in [4.69, 9.17) is 27.5 Å². The van der Waals surface area contributed by atoms with Gasteiger partial charge in [0.05, 0.1) is 24.5 Å². The summed E-state index contributed by atoms with van der Waals surface area (Å²) in [6, 6.07) is 4.76. The van der Waals surface area contributed by atoms with E-state index < -0.39 is 0 Å². The van der Waals surface area contributed by atoms with Crippen LogP contribution in [0, 0.1) is 5.41 Å². The van der Waals surface area contributed by atoms with Gasteiger partial charge >= 0.3 is 0 Å². The quantitative estimate of drug-likeness (QED) is 0.411. The Morgan fingerprint density at radius 3 is 2.66 bits per heavy atom. The van der Waals surface area contributed by atoms with Crippen LogP contribution < -0.4 is 11.1 Å². The van der Waals surface area contributed by atoms with E-state index in [1.54, 1.807) is 28.0 Å². The number of morpholine rings is 1. The average Bonchev–Trinajstić information content (AvgIpc) is 2.88. The topological polar surface area (TPSA) is 138 Å². The Morgan fingerprint density at radius 2 is 1.91 bits per heavy atom. The van der Waals surface area contributed by atoms with Crippen LogP contribution in [-0.2, 0) is 9.53 Å². The van der Waals surface area contributed by atoms with Crippen LogP contribution >= 0.6 is 11.6 Å². The Kier molecular flexibility index (Phi) is 7.62. The molecule has 35 heavy (non-hydrogen) atoms. The van der Waals surface area contributed by atoms with Crippen molar-refractivity contribution in [3.8, 4) is 0 Å². The number of hydrogen-bond donors (Lipinski definition) is 3. The van der Waals surface area contributed by atoms with Crippen molar-refractivity contribution in [3.63, 3.8) is 0 Å². The van der Waals surface area contributed by atoms with Crippen molar-refractivity contribution in [1.82, 2.24) is 19.8 Å². The minimum Gasteiger partial charge on any atom is -0.383 e. The fraction of sp³-hybridized carbons (Fsp3) is 0.375. The number of nitrogen functional groups attached to an aromatic ring is 1. The normalized spacial score (nSPS) is 18.1. The molecule has 2 amide bonds. The first-order valence-electron chi connectivity index (χ1n) is 11.4. The van der Waals surface area contributed by atoms with E-state index in [-0.39, 0.29) is 29.4 Å². The Morgan fingerprint density at radius 1 is 1.17 bits per heavy atom. The number of likely N-dealkylation sites (tertiary alicyclic amines) is 1. The summed E-state index contributed by atoms with van der Waals surface area (Å²) in [5, 5.41) is 12.6. The van der Waals surface area contributed by atoms with Crippen molar-refractivity contribution in [1.29, 1.82) is 5.41 Å². The number of nitrogens with one attached hydrogen (secondary N) is 2. The molecular formula is C24H28ClN7O3. The summed E-state index contributed by atoms with van der Waals surface area (Å²) in [5.41, 5.74) is 7.34. The summed E-state index contributed by atoms with van der Waals surface area (Å²) in [7, 11) is 0. The van der Waals surface area contributed by atoms with Crippen LogP contribution in [0.5, 0.6) is 0 Å². The smallest absolute Gasteiger partial charge is 0.254 e. The van der Waals surface area contributed by atoms with Crippen molar-refractivity contribution in [2.75, 3.05) is 50.4 Å². The molecule has 4 rings (SSSR count). The third kappa shape index (κ3) is 5.60. The predicted octanol–water partition coefficient (Wildman–Crippen LogP) is 2.19. The second kappa shape index (κ2) is 10.8. The first-order chi connectivity index (χ1) is 16.9. The highest BCUT2D eigenvalue weighted by Crippen LogP contribution is 2.26. The van der Waals surface area contributed by atoms with E-state index in [1.807, 2.05) is 0 Å². The average molecular weight is 498 g/mol. The Bertz CT molecular complexity index is 1150. The fourth-order valence-electron chi connectivity index (χ4n) is 4.32. The van der Waals surface area contributed by atoms with Crippen LogP contribution in [0.2, 0.25) is 5.02 Å². The maximum Gasteiger partial charge on any atom is 0.254 e. The lowest BCUT2D eigenvalue weighted by molar-refractivity contribution is -0.127. The monoisotopic (exact) mass is 497 g/mol. The van der Waals surface area contributed by atoms with Crippen LogP contribution in [0.3, 0.4) is 0 Å². The molecule has 1 aromatic heterocycles. The molecule has 2 fully saturated rings. The third-order valence-electron chi connectivity index (χ3n) is 6.11.